The molecule has 0 spiro atoms. The number of nitrogens with one attached hydrogen (secondary N) is 1. The first-order chi connectivity index (χ1) is 13.3. The molecule has 2 aromatic carbocycles. The van der Waals surface area contributed by atoms with Crippen LogP contribution in [0.4, 0.5) is 5.69 Å². The predicted molar refractivity (Wildman–Crippen MR) is 110 cm³/mol. The zero-order valence-corrected chi connectivity index (χ0v) is 16.7. The van der Waals surface area contributed by atoms with Gasteiger partial charge in [-0.1, -0.05) is 29.8 Å². The standard InChI is InChI=1S/C22H27N3O3/c1-15-7-8-19(26)18(13-15)22(28)25-11-9-24(10-12-25)14-20(27)23-21-16(2)5-4-6-17(21)3/h4-8,13,26H,9-12,14H2,1-3H3,(H,23,27). The van der Waals surface area contributed by atoms with Crippen molar-refractivity contribution in [1.82, 2.24) is 9.80 Å². The summed E-state index contributed by atoms with van der Waals surface area (Å²) in [5, 5.41) is 13.0. The van der Waals surface area contributed by atoms with Gasteiger partial charge in [-0.2, -0.15) is 0 Å². The minimum absolute atomic E-state index is 0.00556. The molecule has 0 bridgehead atoms. The topological polar surface area (TPSA) is 72.9 Å². The van der Waals surface area contributed by atoms with E-state index in [4.69, 9.17) is 0 Å². The number of rotatable bonds is 4. The Kier molecular flexibility index (Phi) is 5.99. The number of phenolic OH excluding ortho intramolecular Hbond substituents is 1. The molecular formula is C22H27N3O3. The zero-order chi connectivity index (χ0) is 20.3. The second kappa shape index (κ2) is 8.44. The Morgan fingerprint density at radius 1 is 1.00 bits per heavy atom. The van der Waals surface area contributed by atoms with Crippen LogP contribution in [0.25, 0.3) is 0 Å². The molecule has 2 aromatic rings. The lowest BCUT2D eigenvalue weighted by molar-refractivity contribution is -0.117. The van der Waals surface area contributed by atoms with E-state index in [0.29, 0.717) is 38.3 Å². The van der Waals surface area contributed by atoms with Crippen molar-refractivity contribution in [1.29, 1.82) is 0 Å². The maximum atomic E-state index is 12.7. The fraction of sp³-hybridized carbons (Fsp3) is 0.364. The fourth-order valence-corrected chi connectivity index (χ4v) is 3.49. The molecule has 28 heavy (non-hydrogen) atoms. The maximum Gasteiger partial charge on any atom is 0.257 e. The number of anilines is 1. The molecule has 2 amide bonds. The minimum Gasteiger partial charge on any atom is -0.507 e. The molecule has 6 nitrogen and oxygen atoms in total. The van der Waals surface area contributed by atoms with E-state index in [9.17, 15) is 14.7 Å². The summed E-state index contributed by atoms with van der Waals surface area (Å²) in [6.45, 7) is 8.46. The third-order valence-electron chi connectivity index (χ3n) is 5.15. The summed E-state index contributed by atoms with van der Waals surface area (Å²) in [7, 11) is 0. The van der Waals surface area contributed by atoms with E-state index in [1.54, 1.807) is 23.1 Å². The Hall–Kier alpha value is -2.86. The van der Waals surface area contributed by atoms with Crippen molar-refractivity contribution in [3.63, 3.8) is 0 Å². The van der Waals surface area contributed by atoms with Gasteiger partial charge in [-0.25, -0.2) is 0 Å². The molecule has 6 heteroatoms. The molecule has 2 N–H and O–H groups in total. The SMILES string of the molecule is Cc1ccc(O)c(C(=O)N2CCN(CC(=O)Nc3c(C)cccc3C)CC2)c1. The first kappa shape index (κ1) is 19.9. The van der Waals surface area contributed by atoms with Crippen molar-refractivity contribution in [2.45, 2.75) is 20.8 Å². The Bertz CT molecular complexity index is 866. The van der Waals surface area contributed by atoms with Crippen LogP contribution in [0.2, 0.25) is 0 Å². The fourth-order valence-electron chi connectivity index (χ4n) is 3.49. The molecule has 1 aliphatic rings. The quantitative estimate of drug-likeness (QED) is 0.854. The van der Waals surface area contributed by atoms with Crippen molar-refractivity contribution in [3.8, 4) is 5.75 Å². The molecule has 0 aromatic heterocycles. The van der Waals surface area contributed by atoms with Crippen LogP contribution in [-0.4, -0.2) is 59.4 Å². The summed E-state index contributed by atoms with van der Waals surface area (Å²) in [5.41, 5.74) is 4.23. The highest BCUT2D eigenvalue weighted by Crippen LogP contribution is 2.21. The number of nitrogens with zero attached hydrogens (tertiary/aromatic N) is 2. The van der Waals surface area contributed by atoms with Gasteiger partial charge in [0.1, 0.15) is 5.75 Å². The third kappa shape index (κ3) is 4.51. The van der Waals surface area contributed by atoms with Gasteiger partial charge in [0.2, 0.25) is 5.91 Å². The average molecular weight is 381 g/mol. The van der Waals surface area contributed by atoms with Gasteiger partial charge in [0, 0.05) is 31.9 Å². The zero-order valence-electron chi connectivity index (χ0n) is 16.7. The Morgan fingerprint density at radius 3 is 2.29 bits per heavy atom. The summed E-state index contributed by atoms with van der Waals surface area (Å²) in [6, 6.07) is 11.0. The van der Waals surface area contributed by atoms with Crippen molar-refractivity contribution in [3.05, 3.63) is 58.7 Å². The van der Waals surface area contributed by atoms with Crippen LogP contribution in [-0.2, 0) is 4.79 Å². The van der Waals surface area contributed by atoms with Gasteiger partial charge in [0.25, 0.3) is 5.91 Å². The maximum absolute atomic E-state index is 12.7. The molecule has 3 rings (SSSR count). The van der Waals surface area contributed by atoms with Crippen LogP contribution in [0, 0.1) is 20.8 Å². The third-order valence-corrected chi connectivity index (χ3v) is 5.15. The first-order valence-corrected chi connectivity index (χ1v) is 9.52. The highest BCUT2D eigenvalue weighted by Gasteiger charge is 2.25. The monoisotopic (exact) mass is 381 g/mol. The first-order valence-electron chi connectivity index (χ1n) is 9.52. The normalized spacial score (nSPS) is 14.8. The van der Waals surface area contributed by atoms with E-state index in [1.165, 1.54) is 0 Å². The van der Waals surface area contributed by atoms with Crippen LogP contribution < -0.4 is 5.32 Å². The van der Waals surface area contributed by atoms with Gasteiger partial charge < -0.3 is 15.3 Å². The molecule has 1 heterocycles. The summed E-state index contributed by atoms with van der Waals surface area (Å²) < 4.78 is 0. The highest BCUT2D eigenvalue weighted by atomic mass is 16.3. The molecular weight excluding hydrogens is 354 g/mol. The van der Waals surface area contributed by atoms with Crippen molar-refractivity contribution < 1.29 is 14.7 Å². The Morgan fingerprint density at radius 2 is 1.64 bits per heavy atom. The molecule has 1 saturated heterocycles. The van der Waals surface area contributed by atoms with Gasteiger partial charge in [0.05, 0.1) is 12.1 Å². The number of aromatic hydroxyl groups is 1. The largest absolute Gasteiger partial charge is 0.507 e. The number of hydrogen-bond donors (Lipinski definition) is 2. The van der Waals surface area contributed by atoms with Crippen molar-refractivity contribution in [2.75, 3.05) is 38.0 Å². The number of hydrogen-bond acceptors (Lipinski definition) is 4. The van der Waals surface area contributed by atoms with E-state index >= 15 is 0 Å². The molecule has 0 aliphatic carbocycles. The molecule has 0 saturated carbocycles. The number of phenols is 1. The molecule has 1 fully saturated rings. The predicted octanol–water partition coefficient (Wildman–Crippen LogP) is 2.71. The smallest absolute Gasteiger partial charge is 0.257 e. The lowest BCUT2D eigenvalue weighted by atomic mass is 10.1. The average Bonchev–Trinajstić information content (AvgIpc) is 2.67. The lowest BCUT2D eigenvalue weighted by Gasteiger charge is -2.34. The van der Waals surface area contributed by atoms with Gasteiger partial charge >= 0.3 is 0 Å². The molecule has 0 unspecified atom stereocenters. The number of piperazine rings is 1. The number of amides is 2. The number of carbonyl (C=O) groups is 2. The molecule has 0 atom stereocenters. The second-order valence-electron chi connectivity index (χ2n) is 7.40. The minimum atomic E-state index is -0.166. The lowest BCUT2D eigenvalue weighted by Crippen LogP contribution is -2.50. The van der Waals surface area contributed by atoms with E-state index in [0.717, 1.165) is 22.4 Å². The van der Waals surface area contributed by atoms with E-state index in [-0.39, 0.29) is 17.6 Å². The number of aryl methyl sites for hydroxylation is 3. The van der Waals surface area contributed by atoms with Crippen LogP contribution in [0.5, 0.6) is 5.75 Å². The molecule has 1 aliphatic heterocycles. The highest BCUT2D eigenvalue weighted by molar-refractivity contribution is 5.97. The number of benzene rings is 2. The van der Waals surface area contributed by atoms with Crippen molar-refractivity contribution >= 4 is 17.5 Å². The van der Waals surface area contributed by atoms with E-state index < -0.39 is 0 Å². The van der Waals surface area contributed by atoms with Crippen molar-refractivity contribution in [2.24, 2.45) is 0 Å². The van der Waals surface area contributed by atoms with Gasteiger partial charge in [0.15, 0.2) is 0 Å². The van der Waals surface area contributed by atoms with E-state index in [1.807, 2.05) is 43.9 Å². The molecule has 0 radical (unpaired) electrons. The van der Waals surface area contributed by atoms with Crippen LogP contribution >= 0.6 is 0 Å². The molecule has 148 valence electrons. The Balaban J connectivity index is 1.54. The Labute approximate surface area is 165 Å². The summed E-state index contributed by atoms with van der Waals surface area (Å²) in [6.07, 6.45) is 0. The van der Waals surface area contributed by atoms with Gasteiger partial charge in [-0.05, 0) is 44.0 Å². The van der Waals surface area contributed by atoms with Crippen LogP contribution in [0.3, 0.4) is 0 Å². The number of para-hydroxylation sites is 1. The summed E-state index contributed by atoms with van der Waals surface area (Å²) in [4.78, 5) is 28.9. The summed E-state index contributed by atoms with van der Waals surface area (Å²) in [5.74, 6) is -0.208. The summed E-state index contributed by atoms with van der Waals surface area (Å²) >= 11 is 0. The van der Waals surface area contributed by atoms with Crippen LogP contribution in [0.15, 0.2) is 36.4 Å². The number of carbonyl (C=O) groups excluding carboxylic acids is 2. The van der Waals surface area contributed by atoms with E-state index in [2.05, 4.69) is 5.32 Å². The second-order valence-corrected chi connectivity index (χ2v) is 7.40. The van der Waals surface area contributed by atoms with Gasteiger partial charge in [-0.15, -0.1) is 0 Å². The van der Waals surface area contributed by atoms with Crippen LogP contribution in [0.1, 0.15) is 27.0 Å². The van der Waals surface area contributed by atoms with Gasteiger partial charge in [-0.3, -0.25) is 14.5 Å².